The number of likely N-dealkylation sites (tertiary alicyclic amines) is 1. The number of carbonyl (C=O) groups excluding carboxylic acids is 2. The van der Waals surface area contributed by atoms with Crippen LogP contribution in [-0.2, 0) is 4.79 Å². The molecule has 0 unspecified atom stereocenters. The molecule has 0 aliphatic carbocycles. The molecule has 0 saturated carbocycles. The molecule has 2 aliphatic rings. The van der Waals surface area contributed by atoms with Gasteiger partial charge in [-0.15, -0.1) is 16.4 Å². The predicted octanol–water partition coefficient (Wildman–Crippen LogP) is 2.38. The molecule has 2 aliphatic heterocycles. The number of aromatic nitrogens is 3. The monoisotopic (exact) mass is 450 g/mol. The molecule has 3 aromatic rings. The number of carbonyl (C=O) groups is 2. The Balaban J connectivity index is 1.28. The Morgan fingerprint density at radius 1 is 0.875 bits per heavy atom. The molecule has 8 nitrogen and oxygen atoms in total. The fourth-order valence-corrected chi connectivity index (χ4v) is 4.92. The summed E-state index contributed by atoms with van der Waals surface area (Å²) in [4.78, 5) is 37.1. The Morgan fingerprint density at radius 2 is 1.62 bits per heavy atom. The minimum atomic E-state index is -0.164. The lowest BCUT2D eigenvalue weighted by Gasteiger charge is -2.34. The molecule has 2 amide bonds. The van der Waals surface area contributed by atoms with Crippen molar-refractivity contribution >= 4 is 23.2 Å². The van der Waals surface area contributed by atoms with Crippen LogP contribution in [0.3, 0.4) is 0 Å². The van der Waals surface area contributed by atoms with Crippen molar-refractivity contribution in [2.75, 3.05) is 45.8 Å². The summed E-state index contributed by atoms with van der Waals surface area (Å²) in [5.74, 6) is 0.914. The molecule has 0 spiro atoms. The third kappa shape index (κ3) is 4.31. The fourth-order valence-electron chi connectivity index (χ4n) is 4.23. The molecule has 4 heterocycles. The molecule has 5 rings (SSSR count). The molecule has 0 atom stereocenters. The van der Waals surface area contributed by atoms with E-state index in [1.165, 1.54) is 0 Å². The molecule has 0 bridgehead atoms. The van der Waals surface area contributed by atoms with E-state index in [0.29, 0.717) is 38.5 Å². The maximum Gasteiger partial charge on any atom is 0.293 e. The Morgan fingerprint density at radius 3 is 2.31 bits per heavy atom. The van der Waals surface area contributed by atoms with E-state index >= 15 is 0 Å². The lowest BCUT2D eigenvalue weighted by molar-refractivity contribution is -0.131. The summed E-state index contributed by atoms with van der Waals surface area (Å²) in [7, 11) is 0. The number of benzene rings is 1. The van der Waals surface area contributed by atoms with Gasteiger partial charge < -0.3 is 9.80 Å². The zero-order valence-electron chi connectivity index (χ0n) is 17.9. The zero-order chi connectivity index (χ0) is 21.9. The van der Waals surface area contributed by atoms with Gasteiger partial charge in [0.25, 0.3) is 5.91 Å². The van der Waals surface area contributed by atoms with Crippen molar-refractivity contribution in [1.29, 1.82) is 0 Å². The van der Waals surface area contributed by atoms with Gasteiger partial charge in [-0.25, -0.2) is 9.67 Å². The van der Waals surface area contributed by atoms with Crippen molar-refractivity contribution in [3.63, 3.8) is 0 Å². The van der Waals surface area contributed by atoms with Crippen LogP contribution in [0.2, 0.25) is 0 Å². The first-order chi connectivity index (χ1) is 15.7. The van der Waals surface area contributed by atoms with Crippen molar-refractivity contribution in [2.24, 2.45) is 0 Å². The number of hydrogen-bond donors (Lipinski definition) is 0. The number of rotatable bonds is 5. The van der Waals surface area contributed by atoms with Gasteiger partial charge in [-0.1, -0.05) is 24.3 Å². The average Bonchev–Trinajstić information content (AvgIpc) is 3.61. The van der Waals surface area contributed by atoms with Gasteiger partial charge in [0.05, 0.1) is 17.1 Å². The number of nitrogens with zero attached hydrogens (tertiary/aromatic N) is 6. The molecular weight excluding hydrogens is 424 g/mol. The highest BCUT2D eigenvalue weighted by Crippen LogP contribution is 2.26. The first-order valence-corrected chi connectivity index (χ1v) is 11.9. The molecule has 2 fully saturated rings. The van der Waals surface area contributed by atoms with E-state index in [9.17, 15) is 9.59 Å². The topological polar surface area (TPSA) is 74.6 Å². The van der Waals surface area contributed by atoms with Gasteiger partial charge in [0.2, 0.25) is 11.7 Å². The van der Waals surface area contributed by atoms with Gasteiger partial charge in [-0.3, -0.25) is 14.5 Å². The van der Waals surface area contributed by atoms with Gasteiger partial charge in [0.15, 0.2) is 5.82 Å². The average molecular weight is 451 g/mol. The van der Waals surface area contributed by atoms with E-state index in [2.05, 4.69) is 15.0 Å². The van der Waals surface area contributed by atoms with Crippen LogP contribution in [-0.4, -0.2) is 87.1 Å². The van der Waals surface area contributed by atoms with Gasteiger partial charge in [-0.2, -0.15) is 0 Å². The molecule has 0 N–H and O–H groups in total. The summed E-state index contributed by atoms with van der Waals surface area (Å²) in [6.45, 7) is 4.69. The summed E-state index contributed by atoms with van der Waals surface area (Å²) in [6, 6.07) is 13.7. The Hall–Kier alpha value is -3.04. The largest absolute Gasteiger partial charge is 0.342 e. The number of amides is 2. The molecule has 9 heteroatoms. The molecule has 166 valence electrons. The summed E-state index contributed by atoms with van der Waals surface area (Å²) in [6.07, 6.45) is 2.20. The maximum atomic E-state index is 13.2. The Kier molecular flexibility index (Phi) is 6.00. The van der Waals surface area contributed by atoms with E-state index < -0.39 is 0 Å². The van der Waals surface area contributed by atoms with Crippen molar-refractivity contribution in [3.05, 3.63) is 53.7 Å². The highest BCUT2D eigenvalue weighted by Gasteiger charge is 2.28. The summed E-state index contributed by atoms with van der Waals surface area (Å²) in [5.41, 5.74) is 0.868. The van der Waals surface area contributed by atoms with E-state index in [-0.39, 0.29) is 17.6 Å². The number of para-hydroxylation sites is 1. The summed E-state index contributed by atoms with van der Waals surface area (Å²) in [5, 5.41) is 6.57. The van der Waals surface area contributed by atoms with Crippen LogP contribution in [0.25, 0.3) is 16.4 Å². The molecule has 2 aromatic heterocycles. The van der Waals surface area contributed by atoms with Crippen LogP contribution in [0.5, 0.6) is 0 Å². The third-order valence-corrected chi connectivity index (χ3v) is 6.88. The van der Waals surface area contributed by atoms with E-state index in [1.54, 1.807) is 20.9 Å². The number of thiophene rings is 1. The lowest BCUT2D eigenvalue weighted by atomic mass is 10.3. The molecule has 32 heavy (non-hydrogen) atoms. The van der Waals surface area contributed by atoms with Crippen LogP contribution in [0.4, 0.5) is 0 Å². The van der Waals surface area contributed by atoms with E-state index in [1.807, 2.05) is 52.7 Å². The molecule has 1 aromatic carbocycles. The van der Waals surface area contributed by atoms with Crippen LogP contribution in [0.15, 0.2) is 47.8 Å². The predicted molar refractivity (Wildman–Crippen MR) is 123 cm³/mol. The van der Waals surface area contributed by atoms with Gasteiger partial charge in [0, 0.05) is 39.3 Å². The van der Waals surface area contributed by atoms with Gasteiger partial charge in [0.1, 0.15) is 0 Å². The van der Waals surface area contributed by atoms with Gasteiger partial charge >= 0.3 is 0 Å². The van der Waals surface area contributed by atoms with Crippen LogP contribution in [0, 0.1) is 0 Å². The second kappa shape index (κ2) is 9.22. The highest BCUT2D eigenvalue weighted by molar-refractivity contribution is 7.13. The second-order valence-corrected chi connectivity index (χ2v) is 9.09. The first-order valence-electron chi connectivity index (χ1n) is 11.0. The number of hydrogen-bond acceptors (Lipinski definition) is 6. The van der Waals surface area contributed by atoms with Crippen molar-refractivity contribution < 1.29 is 9.59 Å². The zero-order valence-corrected chi connectivity index (χ0v) is 18.7. The second-order valence-electron chi connectivity index (χ2n) is 8.14. The van der Waals surface area contributed by atoms with Crippen LogP contribution < -0.4 is 0 Å². The Bertz CT molecular complexity index is 1070. The highest BCUT2D eigenvalue weighted by atomic mass is 32.1. The summed E-state index contributed by atoms with van der Waals surface area (Å²) < 4.78 is 1.74. The Labute approximate surface area is 191 Å². The third-order valence-electron chi connectivity index (χ3n) is 6.02. The molecule has 2 saturated heterocycles. The smallest absolute Gasteiger partial charge is 0.293 e. The normalized spacial score (nSPS) is 17.1. The van der Waals surface area contributed by atoms with Gasteiger partial charge in [-0.05, 0) is 36.4 Å². The quantitative estimate of drug-likeness (QED) is 0.597. The van der Waals surface area contributed by atoms with Crippen LogP contribution in [0.1, 0.15) is 23.5 Å². The molecule has 0 radical (unpaired) electrons. The van der Waals surface area contributed by atoms with Crippen molar-refractivity contribution in [1.82, 2.24) is 29.5 Å². The van der Waals surface area contributed by atoms with E-state index in [0.717, 1.165) is 36.5 Å². The van der Waals surface area contributed by atoms with Crippen molar-refractivity contribution in [3.8, 4) is 16.4 Å². The minimum Gasteiger partial charge on any atom is -0.342 e. The summed E-state index contributed by atoms with van der Waals surface area (Å²) >= 11 is 1.57. The SMILES string of the molecule is O=C(CN1CCN(C(=O)c2nc(-c3cccs3)n(-c3ccccc3)n2)CC1)N1CCCC1. The number of piperazine rings is 1. The fraction of sp³-hybridized carbons (Fsp3) is 0.391. The van der Waals surface area contributed by atoms with Crippen LogP contribution >= 0.6 is 11.3 Å². The van der Waals surface area contributed by atoms with E-state index in [4.69, 9.17) is 0 Å². The van der Waals surface area contributed by atoms with Crippen molar-refractivity contribution in [2.45, 2.75) is 12.8 Å². The molecular formula is C23H26N6O2S. The lowest BCUT2D eigenvalue weighted by Crippen LogP contribution is -2.51. The maximum absolute atomic E-state index is 13.2. The first kappa shape index (κ1) is 20.8. The minimum absolute atomic E-state index is 0.164. The standard InChI is InChI=1S/C23H26N6O2S/c30-20(27-10-4-5-11-27)17-26-12-14-28(15-13-26)23(31)21-24-22(19-9-6-16-32-19)29(25-21)18-7-2-1-3-8-18/h1-3,6-9,16H,4-5,10-15,17H2.